The molecule has 2 fully saturated rings. The number of hydrogen-bond acceptors (Lipinski definition) is 3. The molecule has 4 nitrogen and oxygen atoms in total. The van der Waals surface area contributed by atoms with Crippen LogP contribution < -0.4 is 0 Å². The van der Waals surface area contributed by atoms with Gasteiger partial charge in [-0.05, 0) is 87.6 Å². The molecule has 5 rings (SSSR count). The molecule has 3 aromatic rings. The van der Waals surface area contributed by atoms with Gasteiger partial charge in [-0.1, -0.05) is 78.9 Å². The molecule has 0 spiro atoms. The first-order valence-corrected chi connectivity index (χ1v) is 14.3. The van der Waals surface area contributed by atoms with Crippen molar-refractivity contribution in [1.29, 1.82) is 0 Å². The molecule has 0 aromatic heterocycles. The lowest BCUT2D eigenvalue weighted by atomic mass is 9.71. The van der Waals surface area contributed by atoms with E-state index in [0.29, 0.717) is 11.8 Å². The number of likely N-dealkylation sites (tertiary alicyclic amines) is 1. The average Bonchev–Trinajstić information content (AvgIpc) is 2.96. The van der Waals surface area contributed by atoms with E-state index < -0.39 is 5.41 Å². The maximum Gasteiger partial charge on any atom is 0.233 e. The summed E-state index contributed by atoms with van der Waals surface area (Å²) in [6, 6.07) is 28.3. The van der Waals surface area contributed by atoms with Crippen LogP contribution in [-0.2, 0) is 10.2 Å². The molecule has 4 heteroatoms. The van der Waals surface area contributed by atoms with Crippen LogP contribution in [0.3, 0.4) is 0 Å². The van der Waals surface area contributed by atoms with Crippen molar-refractivity contribution in [3.8, 4) is 0 Å². The Morgan fingerprint density at radius 3 is 1.82 bits per heavy atom. The molecule has 2 heterocycles. The van der Waals surface area contributed by atoms with E-state index in [1.165, 1.54) is 27.8 Å². The second kappa shape index (κ2) is 11.8. The van der Waals surface area contributed by atoms with Crippen LogP contribution in [0.2, 0.25) is 0 Å². The third-order valence-corrected chi connectivity index (χ3v) is 9.10. The number of aryl methyl sites for hydroxylation is 2. The van der Waals surface area contributed by atoms with E-state index in [4.69, 9.17) is 0 Å². The minimum Gasteiger partial charge on any atom is -0.339 e. The molecule has 1 amide bonds. The zero-order valence-electron chi connectivity index (χ0n) is 23.4. The van der Waals surface area contributed by atoms with Crippen LogP contribution >= 0.6 is 0 Å². The molecule has 0 bridgehead atoms. The zero-order chi connectivity index (χ0) is 26.5. The molecule has 38 heavy (non-hydrogen) atoms. The Morgan fingerprint density at radius 2 is 1.26 bits per heavy atom. The molecular weight excluding hydrogens is 466 g/mol. The van der Waals surface area contributed by atoms with Gasteiger partial charge >= 0.3 is 0 Å². The minimum absolute atomic E-state index is 0.342. The normalized spacial score (nSPS) is 18.6. The van der Waals surface area contributed by atoms with E-state index in [0.717, 1.165) is 65.1 Å². The first-order valence-electron chi connectivity index (χ1n) is 14.3. The number of carbonyl (C=O) groups excluding carboxylic acids is 1. The van der Waals surface area contributed by atoms with Gasteiger partial charge in [0.2, 0.25) is 5.91 Å². The quantitative estimate of drug-likeness (QED) is 0.413. The molecule has 0 unspecified atom stereocenters. The van der Waals surface area contributed by atoms with E-state index in [1.807, 2.05) is 0 Å². The highest BCUT2D eigenvalue weighted by atomic mass is 16.2. The second-order valence-electron chi connectivity index (χ2n) is 11.4. The summed E-state index contributed by atoms with van der Waals surface area (Å²) in [6.45, 7) is 11.0. The molecule has 2 aliphatic rings. The Balaban J connectivity index is 1.32. The summed E-state index contributed by atoms with van der Waals surface area (Å²) in [4.78, 5) is 21.1. The summed E-state index contributed by atoms with van der Waals surface area (Å²) >= 11 is 0. The predicted molar refractivity (Wildman–Crippen MR) is 157 cm³/mol. The fourth-order valence-corrected chi connectivity index (χ4v) is 6.60. The van der Waals surface area contributed by atoms with Crippen molar-refractivity contribution >= 4 is 5.91 Å². The average molecular weight is 510 g/mol. The van der Waals surface area contributed by atoms with Crippen LogP contribution in [0.1, 0.15) is 53.0 Å². The number of benzene rings is 3. The monoisotopic (exact) mass is 509 g/mol. The highest BCUT2D eigenvalue weighted by molar-refractivity contribution is 5.88. The number of carbonyl (C=O) groups is 1. The van der Waals surface area contributed by atoms with E-state index in [9.17, 15) is 4.79 Å². The van der Waals surface area contributed by atoms with Crippen LogP contribution in [-0.4, -0.2) is 73.5 Å². The summed E-state index contributed by atoms with van der Waals surface area (Å²) in [5.74, 6) is 0.722. The van der Waals surface area contributed by atoms with E-state index in [2.05, 4.69) is 114 Å². The molecule has 0 saturated carbocycles. The van der Waals surface area contributed by atoms with Gasteiger partial charge in [0.25, 0.3) is 0 Å². The summed E-state index contributed by atoms with van der Waals surface area (Å²) in [6.07, 6.45) is 2.86. The van der Waals surface area contributed by atoms with Gasteiger partial charge in [-0.25, -0.2) is 0 Å². The summed E-state index contributed by atoms with van der Waals surface area (Å²) in [5, 5.41) is 0. The predicted octanol–water partition coefficient (Wildman–Crippen LogP) is 5.63. The lowest BCUT2D eigenvalue weighted by molar-refractivity contribution is -0.141. The second-order valence-corrected chi connectivity index (χ2v) is 11.4. The number of hydrogen-bond donors (Lipinski definition) is 0. The highest BCUT2D eigenvalue weighted by Gasteiger charge is 2.45. The molecule has 200 valence electrons. The standard InChI is InChI=1S/C34H43N3O/c1-27-11-7-9-15-30(27)32(31-16-10-8-12-28(31)2)17-20-36-21-18-34(19-22-36,29-13-5-4-6-14-29)33(38)37-25-23-35(3)24-26-37/h4-16,32H,17-26H2,1-3H3. The fourth-order valence-electron chi connectivity index (χ4n) is 6.60. The number of piperazine rings is 1. The lowest BCUT2D eigenvalue weighted by Crippen LogP contribution is -2.57. The SMILES string of the molecule is Cc1ccccc1C(CCN1CCC(C(=O)N2CCN(C)CC2)(c2ccccc2)CC1)c1ccccc1C. The Morgan fingerprint density at radius 1 is 0.737 bits per heavy atom. The van der Waals surface area contributed by atoms with Gasteiger partial charge in [0.15, 0.2) is 0 Å². The molecule has 0 atom stereocenters. The molecule has 0 N–H and O–H groups in total. The van der Waals surface area contributed by atoms with Crippen molar-refractivity contribution in [1.82, 2.24) is 14.7 Å². The van der Waals surface area contributed by atoms with Crippen molar-refractivity contribution in [2.45, 2.75) is 44.4 Å². The molecule has 2 saturated heterocycles. The first kappa shape index (κ1) is 26.6. The number of piperidine rings is 1. The van der Waals surface area contributed by atoms with Gasteiger partial charge in [0, 0.05) is 32.1 Å². The molecule has 2 aliphatic heterocycles. The summed E-state index contributed by atoms with van der Waals surface area (Å²) in [5.41, 5.74) is 6.38. The van der Waals surface area contributed by atoms with E-state index >= 15 is 0 Å². The lowest BCUT2D eigenvalue weighted by Gasteiger charge is -2.45. The van der Waals surface area contributed by atoms with Crippen molar-refractivity contribution in [3.63, 3.8) is 0 Å². The van der Waals surface area contributed by atoms with Crippen molar-refractivity contribution < 1.29 is 4.79 Å². The Bertz CT molecular complexity index is 1160. The van der Waals surface area contributed by atoms with Gasteiger partial charge in [-0.3, -0.25) is 4.79 Å². The van der Waals surface area contributed by atoms with Crippen LogP contribution in [0.5, 0.6) is 0 Å². The third-order valence-electron chi connectivity index (χ3n) is 9.10. The molecule has 0 radical (unpaired) electrons. The summed E-state index contributed by atoms with van der Waals surface area (Å²) < 4.78 is 0. The van der Waals surface area contributed by atoms with Crippen LogP contribution in [0, 0.1) is 13.8 Å². The van der Waals surface area contributed by atoms with Gasteiger partial charge in [-0.2, -0.15) is 0 Å². The van der Waals surface area contributed by atoms with Crippen LogP contribution in [0.15, 0.2) is 78.9 Å². The molecule has 3 aromatic carbocycles. The van der Waals surface area contributed by atoms with Crippen molar-refractivity contribution in [2.75, 3.05) is 52.9 Å². The number of nitrogens with zero attached hydrogens (tertiary/aromatic N) is 3. The van der Waals surface area contributed by atoms with Crippen molar-refractivity contribution in [3.05, 3.63) is 107 Å². The number of rotatable bonds is 7. The minimum atomic E-state index is -0.404. The van der Waals surface area contributed by atoms with Gasteiger partial charge in [0.05, 0.1) is 5.41 Å². The number of likely N-dealkylation sites (N-methyl/N-ethyl adjacent to an activating group) is 1. The Kier molecular flexibility index (Phi) is 8.30. The van der Waals surface area contributed by atoms with Gasteiger partial charge in [-0.15, -0.1) is 0 Å². The maximum absolute atomic E-state index is 14.1. The highest BCUT2D eigenvalue weighted by Crippen LogP contribution is 2.39. The Hall–Kier alpha value is -2.95. The van der Waals surface area contributed by atoms with Crippen molar-refractivity contribution in [2.24, 2.45) is 0 Å². The number of amides is 1. The molecular formula is C34H43N3O. The smallest absolute Gasteiger partial charge is 0.233 e. The topological polar surface area (TPSA) is 26.8 Å². The fraction of sp³-hybridized carbons (Fsp3) is 0.441. The zero-order valence-corrected chi connectivity index (χ0v) is 23.4. The third kappa shape index (κ3) is 5.57. The van der Waals surface area contributed by atoms with Gasteiger partial charge < -0.3 is 14.7 Å². The Labute approximate surface area is 229 Å². The van der Waals surface area contributed by atoms with E-state index in [-0.39, 0.29) is 0 Å². The first-order chi connectivity index (χ1) is 18.5. The van der Waals surface area contributed by atoms with Crippen LogP contribution in [0.25, 0.3) is 0 Å². The molecule has 0 aliphatic carbocycles. The van der Waals surface area contributed by atoms with Gasteiger partial charge in [0.1, 0.15) is 0 Å². The maximum atomic E-state index is 14.1. The van der Waals surface area contributed by atoms with Crippen LogP contribution in [0.4, 0.5) is 0 Å². The van der Waals surface area contributed by atoms with E-state index in [1.54, 1.807) is 0 Å². The largest absolute Gasteiger partial charge is 0.339 e. The summed E-state index contributed by atoms with van der Waals surface area (Å²) in [7, 11) is 2.15.